The van der Waals surface area contributed by atoms with Gasteiger partial charge in [-0.25, -0.2) is 8.42 Å². The van der Waals surface area contributed by atoms with E-state index in [2.05, 4.69) is 4.99 Å². The summed E-state index contributed by atoms with van der Waals surface area (Å²) in [6, 6.07) is 9.11. The van der Waals surface area contributed by atoms with E-state index in [1.54, 1.807) is 23.6 Å². The summed E-state index contributed by atoms with van der Waals surface area (Å²) >= 11 is 7.55. The highest BCUT2D eigenvalue weighted by Crippen LogP contribution is 2.27. The highest BCUT2D eigenvalue weighted by Gasteiger charge is 2.24. The molecule has 0 N–H and O–H groups in total. The first kappa shape index (κ1) is 29.9. The highest BCUT2D eigenvalue weighted by molar-refractivity contribution is 7.89. The molecule has 3 aromatic rings. The summed E-state index contributed by atoms with van der Waals surface area (Å²) in [7, 11) is -0.845. The van der Waals surface area contributed by atoms with Crippen LogP contribution in [0.2, 0.25) is 5.02 Å². The number of hydrogen-bond acceptors (Lipinski definition) is 8. The quantitative estimate of drug-likeness (QED) is 0.300. The van der Waals surface area contributed by atoms with Crippen molar-refractivity contribution in [3.63, 3.8) is 0 Å². The van der Waals surface area contributed by atoms with E-state index < -0.39 is 21.9 Å². The number of benzene rings is 2. The number of fused-ring (bicyclic) bond motifs is 1. The molecule has 0 saturated carbocycles. The van der Waals surface area contributed by atoms with Crippen LogP contribution in [0.25, 0.3) is 10.2 Å². The minimum absolute atomic E-state index is 0.0331. The summed E-state index contributed by atoms with van der Waals surface area (Å²) < 4.78 is 45.1. The van der Waals surface area contributed by atoms with Crippen LogP contribution >= 0.6 is 22.9 Å². The van der Waals surface area contributed by atoms with E-state index in [0.717, 1.165) is 10.3 Å². The first-order chi connectivity index (χ1) is 18.1. The van der Waals surface area contributed by atoms with Gasteiger partial charge in [0, 0.05) is 37.9 Å². The van der Waals surface area contributed by atoms with Crippen molar-refractivity contribution in [2.45, 2.75) is 25.3 Å². The Morgan fingerprint density at radius 3 is 2.26 bits per heavy atom. The first-order valence-electron chi connectivity index (χ1n) is 11.7. The third kappa shape index (κ3) is 6.87. The van der Waals surface area contributed by atoms with Gasteiger partial charge in [-0.3, -0.25) is 9.59 Å². The molecule has 2 aromatic carbocycles. The number of nitrogens with zero attached hydrogens (tertiary/aromatic N) is 3. The maximum Gasteiger partial charge on any atom is 0.326 e. The largest absolute Gasteiger partial charge is 0.465 e. The summed E-state index contributed by atoms with van der Waals surface area (Å²) in [5, 5.41) is 0.521. The van der Waals surface area contributed by atoms with Crippen LogP contribution in [-0.4, -0.2) is 76.3 Å². The zero-order chi connectivity index (χ0) is 27.9. The summed E-state index contributed by atoms with van der Waals surface area (Å²) in [5.74, 6) is -1.06. The number of aryl methyl sites for hydroxylation is 1. The maximum atomic E-state index is 13.1. The van der Waals surface area contributed by atoms with Gasteiger partial charge in [-0.1, -0.05) is 22.9 Å². The van der Waals surface area contributed by atoms with Crippen LogP contribution in [0.4, 0.5) is 0 Å². The minimum atomic E-state index is -3.83. The fourth-order valence-corrected chi connectivity index (χ4v) is 6.34. The van der Waals surface area contributed by atoms with Gasteiger partial charge in [0.25, 0.3) is 5.91 Å². The van der Waals surface area contributed by atoms with Crippen LogP contribution in [-0.2, 0) is 35.6 Å². The number of esters is 1. The normalized spacial score (nSPS) is 12.4. The number of hydrogen-bond donors (Lipinski definition) is 0. The Balaban J connectivity index is 1.97. The van der Waals surface area contributed by atoms with Crippen molar-refractivity contribution in [1.82, 2.24) is 8.87 Å². The first-order valence-corrected chi connectivity index (χ1v) is 14.4. The molecule has 0 aliphatic carbocycles. The number of amides is 1. The van der Waals surface area contributed by atoms with Gasteiger partial charge in [-0.2, -0.15) is 9.30 Å². The Morgan fingerprint density at radius 2 is 1.68 bits per heavy atom. The van der Waals surface area contributed by atoms with Crippen molar-refractivity contribution < 1.29 is 32.2 Å². The average Bonchev–Trinajstić information content (AvgIpc) is 3.23. The number of thiazole rings is 1. The molecule has 0 aliphatic heterocycles. The van der Waals surface area contributed by atoms with Gasteiger partial charge in [0.05, 0.1) is 34.9 Å². The van der Waals surface area contributed by atoms with E-state index in [0.29, 0.717) is 15.3 Å². The van der Waals surface area contributed by atoms with Crippen molar-refractivity contribution in [2.24, 2.45) is 4.99 Å². The van der Waals surface area contributed by atoms with E-state index in [1.165, 1.54) is 54.1 Å². The molecule has 206 valence electrons. The van der Waals surface area contributed by atoms with Crippen molar-refractivity contribution in [3.8, 4) is 0 Å². The Hall–Kier alpha value is -2.61. The van der Waals surface area contributed by atoms with E-state index >= 15 is 0 Å². The lowest BCUT2D eigenvalue weighted by molar-refractivity contribution is -0.143. The van der Waals surface area contributed by atoms with Gasteiger partial charge in [-0.05, 0) is 55.8 Å². The number of aromatic nitrogens is 1. The third-order valence-corrected chi connectivity index (χ3v) is 9.01. The lowest BCUT2D eigenvalue weighted by Gasteiger charge is -2.21. The van der Waals surface area contributed by atoms with Crippen LogP contribution in [0.15, 0.2) is 46.3 Å². The minimum Gasteiger partial charge on any atom is -0.465 e. The van der Waals surface area contributed by atoms with Gasteiger partial charge in [0.15, 0.2) is 4.80 Å². The molecule has 0 aliphatic rings. The average molecular weight is 584 g/mol. The topological polar surface area (TPSA) is 117 Å². The van der Waals surface area contributed by atoms with E-state index in [4.69, 9.17) is 25.8 Å². The molecular formula is C25H30ClN3O7S2. The molecule has 3 rings (SSSR count). The van der Waals surface area contributed by atoms with E-state index in [1.807, 2.05) is 6.92 Å². The molecular weight excluding hydrogens is 554 g/mol. The molecule has 0 radical (unpaired) electrons. The molecule has 38 heavy (non-hydrogen) atoms. The van der Waals surface area contributed by atoms with Crippen molar-refractivity contribution in [2.75, 3.05) is 47.1 Å². The van der Waals surface area contributed by atoms with Crippen molar-refractivity contribution >= 4 is 55.1 Å². The second kappa shape index (κ2) is 13.5. The molecule has 1 amide bonds. The second-order valence-corrected chi connectivity index (χ2v) is 11.5. The predicted molar refractivity (Wildman–Crippen MR) is 145 cm³/mol. The molecule has 0 saturated heterocycles. The van der Waals surface area contributed by atoms with E-state index in [-0.39, 0.29) is 49.9 Å². The lowest BCUT2D eigenvalue weighted by Crippen LogP contribution is -2.36. The molecule has 10 nitrogen and oxygen atoms in total. The van der Waals surface area contributed by atoms with Crippen LogP contribution in [0.3, 0.4) is 0 Å². The molecule has 1 aromatic heterocycles. The van der Waals surface area contributed by atoms with Crippen LogP contribution < -0.4 is 4.80 Å². The number of sulfonamides is 1. The third-order valence-electron chi connectivity index (χ3n) is 5.65. The summed E-state index contributed by atoms with van der Waals surface area (Å²) in [6.45, 7) is 4.39. The van der Waals surface area contributed by atoms with Crippen LogP contribution in [0.1, 0.15) is 22.8 Å². The summed E-state index contributed by atoms with van der Waals surface area (Å²) in [5.41, 5.74) is 1.63. The SMILES string of the molecule is CCOC(=O)Cn1c(=NC(=O)c2ccc(S(=O)(=O)N(CCOC)CCOC)cc2)sc2ccc(Cl)c(C)c21. The Labute approximate surface area is 230 Å². The van der Waals surface area contributed by atoms with Crippen LogP contribution in [0.5, 0.6) is 0 Å². The van der Waals surface area contributed by atoms with Crippen molar-refractivity contribution in [1.29, 1.82) is 0 Å². The number of rotatable bonds is 12. The number of ether oxygens (including phenoxy) is 3. The number of carbonyl (C=O) groups excluding carboxylic acids is 2. The lowest BCUT2D eigenvalue weighted by atomic mass is 10.2. The van der Waals surface area contributed by atoms with Gasteiger partial charge < -0.3 is 18.8 Å². The number of halogens is 1. The Morgan fingerprint density at radius 1 is 1.05 bits per heavy atom. The van der Waals surface area contributed by atoms with Gasteiger partial charge >= 0.3 is 5.97 Å². The zero-order valence-corrected chi connectivity index (χ0v) is 24.0. The van der Waals surface area contributed by atoms with E-state index in [9.17, 15) is 18.0 Å². The fraction of sp³-hybridized carbons (Fsp3) is 0.400. The number of carbonyl (C=O) groups is 2. The Kier molecular flexibility index (Phi) is 10.6. The molecule has 0 unspecified atom stereocenters. The van der Waals surface area contributed by atoms with Gasteiger partial charge in [-0.15, -0.1) is 0 Å². The Bertz CT molecular complexity index is 1460. The molecule has 0 bridgehead atoms. The molecule has 13 heteroatoms. The monoisotopic (exact) mass is 583 g/mol. The predicted octanol–water partition coefficient (Wildman–Crippen LogP) is 3.25. The van der Waals surface area contributed by atoms with Gasteiger partial charge in [0.1, 0.15) is 6.54 Å². The van der Waals surface area contributed by atoms with Crippen LogP contribution in [0, 0.1) is 6.92 Å². The van der Waals surface area contributed by atoms with Crippen molar-refractivity contribution in [3.05, 3.63) is 57.3 Å². The smallest absolute Gasteiger partial charge is 0.326 e. The maximum absolute atomic E-state index is 13.1. The number of methoxy groups -OCH3 is 2. The fourth-order valence-electron chi connectivity index (χ4n) is 3.69. The highest BCUT2D eigenvalue weighted by atomic mass is 35.5. The zero-order valence-electron chi connectivity index (χ0n) is 21.6. The van der Waals surface area contributed by atoms with Gasteiger partial charge in [0.2, 0.25) is 10.0 Å². The molecule has 0 fully saturated rings. The molecule has 0 spiro atoms. The summed E-state index contributed by atoms with van der Waals surface area (Å²) in [4.78, 5) is 30.0. The molecule has 1 heterocycles. The standard InChI is InChI=1S/C25H30ClN3O7S2/c1-5-36-22(30)16-29-23-17(2)20(26)10-11-21(23)37-25(29)27-24(31)18-6-8-19(9-7-18)38(32,33)28(12-14-34-3)13-15-35-4/h6-11H,5,12-16H2,1-4H3. The summed E-state index contributed by atoms with van der Waals surface area (Å²) in [6.07, 6.45) is 0. The molecule has 0 atom stereocenters. The second-order valence-electron chi connectivity index (χ2n) is 8.13.